The molecule has 0 saturated carbocycles. The Morgan fingerprint density at radius 3 is 2.68 bits per heavy atom. The smallest absolute Gasteiger partial charge is 0.290 e. The first-order valence-electron chi connectivity index (χ1n) is 8.85. The van der Waals surface area contributed by atoms with Gasteiger partial charge in [-0.1, -0.05) is 32.0 Å². The van der Waals surface area contributed by atoms with Crippen molar-refractivity contribution in [2.24, 2.45) is 5.92 Å². The fourth-order valence-corrected chi connectivity index (χ4v) is 3.94. The third-order valence-electron chi connectivity index (χ3n) is 4.44. The molecule has 7 nitrogen and oxygen atoms in total. The highest BCUT2D eigenvalue weighted by atomic mass is 32.1. The second-order valence-electron chi connectivity index (χ2n) is 6.60. The molecule has 0 fully saturated rings. The number of H-pyrrole nitrogens is 1. The number of aromatic amines is 1. The summed E-state index contributed by atoms with van der Waals surface area (Å²) in [5.41, 5.74) is 1.83. The summed E-state index contributed by atoms with van der Waals surface area (Å²) in [7, 11) is 0. The molecule has 0 aliphatic rings. The lowest BCUT2D eigenvalue weighted by atomic mass is 10.1. The average Bonchev–Trinajstić information content (AvgIpc) is 3.30. The normalized spacial score (nSPS) is 12.0. The molecule has 4 rings (SSSR count). The van der Waals surface area contributed by atoms with Crippen molar-refractivity contribution >= 4 is 44.7 Å². The van der Waals surface area contributed by atoms with E-state index in [4.69, 9.17) is 9.90 Å². The number of nitrogens with one attached hydrogen (secondary N) is 2. The molecule has 0 spiro atoms. The molecule has 4 aromatic rings. The fraction of sp³-hybridized carbons (Fsp3) is 0.250. The highest BCUT2D eigenvalue weighted by Crippen LogP contribution is 2.35. The van der Waals surface area contributed by atoms with Crippen LogP contribution in [0.3, 0.4) is 0 Å². The number of carboxylic acid groups (broad SMARTS) is 1. The van der Waals surface area contributed by atoms with Crippen LogP contribution in [0.4, 0.5) is 5.82 Å². The molecule has 0 aliphatic carbocycles. The van der Waals surface area contributed by atoms with Crippen LogP contribution < -0.4 is 5.32 Å². The second-order valence-corrected chi connectivity index (χ2v) is 7.68. The maximum Gasteiger partial charge on any atom is 0.290 e. The molecule has 0 aliphatic heterocycles. The largest absolute Gasteiger partial charge is 0.483 e. The maximum absolute atomic E-state index is 9.58. The minimum Gasteiger partial charge on any atom is -0.483 e. The SMILES string of the molecule is CC(C)[C@H](CO)Nc1ncnc2[nH]c(-c3cc4ccccc4s3)cc12.O=CO. The average molecular weight is 398 g/mol. The summed E-state index contributed by atoms with van der Waals surface area (Å²) in [5, 5.41) is 22.0. The highest BCUT2D eigenvalue weighted by Gasteiger charge is 2.16. The number of aromatic nitrogens is 3. The van der Waals surface area contributed by atoms with Crippen molar-refractivity contribution in [1.82, 2.24) is 15.0 Å². The van der Waals surface area contributed by atoms with Crippen LogP contribution in [0.15, 0.2) is 42.7 Å². The molecule has 0 unspecified atom stereocenters. The predicted octanol–water partition coefficient (Wildman–Crippen LogP) is 3.97. The Balaban J connectivity index is 0.000000706. The van der Waals surface area contributed by atoms with Crippen LogP contribution in [0.5, 0.6) is 0 Å². The minimum absolute atomic E-state index is 0.0409. The summed E-state index contributed by atoms with van der Waals surface area (Å²) < 4.78 is 1.26. The van der Waals surface area contributed by atoms with E-state index < -0.39 is 0 Å². The number of rotatable bonds is 5. The van der Waals surface area contributed by atoms with E-state index in [9.17, 15) is 5.11 Å². The van der Waals surface area contributed by atoms with Crippen molar-refractivity contribution in [2.45, 2.75) is 19.9 Å². The Kier molecular flexibility index (Phi) is 6.23. The van der Waals surface area contributed by atoms with Gasteiger partial charge in [-0.15, -0.1) is 11.3 Å². The van der Waals surface area contributed by atoms with Crippen LogP contribution in [0.25, 0.3) is 31.7 Å². The molecular weight excluding hydrogens is 376 g/mol. The zero-order valence-electron chi connectivity index (χ0n) is 15.6. The number of hydrogen-bond acceptors (Lipinski definition) is 6. The molecular formula is C20H22N4O3S. The standard InChI is InChI=1S/C19H20N4OS.CH2O2/c1-11(2)15(9-24)23-19-13-8-14(22-18(13)20-10-21-19)17-7-12-5-3-4-6-16(12)25-17;2-1-3/h3-8,10-11,15,24H,9H2,1-2H3,(H2,20,21,22,23);1H,(H,2,3)/t15-;/m0./s1. The molecule has 146 valence electrons. The van der Waals surface area contributed by atoms with Crippen LogP contribution in [0.1, 0.15) is 13.8 Å². The van der Waals surface area contributed by atoms with Crippen LogP contribution >= 0.6 is 11.3 Å². The summed E-state index contributed by atoms with van der Waals surface area (Å²) in [4.78, 5) is 21.7. The van der Waals surface area contributed by atoms with E-state index in [1.165, 1.54) is 15.0 Å². The second kappa shape index (κ2) is 8.81. The van der Waals surface area contributed by atoms with Gasteiger partial charge < -0.3 is 20.5 Å². The first-order chi connectivity index (χ1) is 13.6. The Morgan fingerprint density at radius 1 is 1.25 bits per heavy atom. The number of fused-ring (bicyclic) bond motifs is 2. The molecule has 4 N–H and O–H groups in total. The van der Waals surface area contributed by atoms with Gasteiger partial charge in [-0.05, 0) is 29.5 Å². The number of anilines is 1. The zero-order valence-corrected chi connectivity index (χ0v) is 16.4. The monoisotopic (exact) mass is 398 g/mol. The van der Waals surface area contributed by atoms with Gasteiger partial charge in [0.2, 0.25) is 0 Å². The molecule has 3 aromatic heterocycles. The van der Waals surface area contributed by atoms with Crippen molar-refractivity contribution in [3.8, 4) is 10.6 Å². The van der Waals surface area contributed by atoms with E-state index in [-0.39, 0.29) is 19.1 Å². The molecule has 0 bridgehead atoms. The number of carbonyl (C=O) groups is 1. The number of aliphatic hydroxyl groups excluding tert-OH is 1. The topological polar surface area (TPSA) is 111 Å². The van der Waals surface area contributed by atoms with Gasteiger partial charge in [-0.3, -0.25) is 4.79 Å². The molecule has 0 amide bonds. The van der Waals surface area contributed by atoms with Crippen molar-refractivity contribution in [1.29, 1.82) is 0 Å². The molecule has 0 radical (unpaired) electrons. The van der Waals surface area contributed by atoms with Gasteiger partial charge in [0.15, 0.2) is 0 Å². The molecule has 3 heterocycles. The molecule has 1 aromatic carbocycles. The van der Waals surface area contributed by atoms with Gasteiger partial charge in [-0.25, -0.2) is 9.97 Å². The van der Waals surface area contributed by atoms with Gasteiger partial charge >= 0.3 is 0 Å². The Hall–Kier alpha value is -2.97. The van der Waals surface area contributed by atoms with Crippen LogP contribution in [0.2, 0.25) is 0 Å². The van der Waals surface area contributed by atoms with Gasteiger partial charge in [-0.2, -0.15) is 0 Å². The summed E-state index contributed by atoms with van der Waals surface area (Å²) >= 11 is 1.75. The Morgan fingerprint density at radius 2 is 2.00 bits per heavy atom. The number of aliphatic hydroxyl groups is 1. The number of thiophene rings is 1. The van der Waals surface area contributed by atoms with Gasteiger partial charge in [0, 0.05) is 4.70 Å². The summed E-state index contributed by atoms with van der Waals surface area (Å²) in [6, 6.07) is 12.6. The summed E-state index contributed by atoms with van der Waals surface area (Å²) in [6.07, 6.45) is 1.55. The van der Waals surface area contributed by atoms with E-state index in [2.05, 4.69) is 70.5 Å². The lowest BCUT2D eigenvalue weighted by Crippen LogP contribution is -2.29. The van der Waals surface area contributed by atoms with E-state index in [1.807, 2.05) is 0 Å². The van der Waals surface area contributed by atoms with Crippen molar-refractivity contribution < 1.29 is 15.0 Å². The van der Waals surface area contributed by atoms with Gasteiger partial charge in [0.1, 0.15) is 17.8 Å². The maximum atomic E-state index is 9.58. The minimum atomic E-state index is -0.250. The van der Waals surface area contributed by atoms with Crippen LogP contribution in [0, 0.1) is 5.92 Å². The quantitative estimate of drug-likeness (QED) is 0.379. The Bertz CT molecular complexity index is 1040. The van der Waals surface area contributed by atoms with E-state index in [0.717, 1.165) is 22.5 Å². The molecule has 28 heavy (non-hydrogen) atoms. The van der Waals surface area contributed by atoms with Crippen molar-refractivity contribution in [3.05, 3.63) is 42.7 Å². The third-order valence-corrected chi connectivity index (χ3v) is 5.59. The van der Waals surface area contributed by atoms with Gasteiger partial charge in [0.25, 0.3) is 6.47 Å². The molecule has 8 heteroatoms. The van der Waals surface area contributed by atoms with E-state index >= 15 is 0 Å². The Labute approximate surface area is 166 Å². The predicted molar refractivity (Wildman–Crippen MR) is 113 cm³/mol. The fourth-order valence-electron chi connectivity index (χ4n) is 2.90. The zero-order chi connectivity index (χ0) is 20.1. The van der Waals surface area contributed by atoms with Crippen molar-refractivity contribution in [3.63, 3.8) is 0 Å². The number of nitrogens with zero attached hydrogens (tertiary/aromatic N) is 2. The first-order valence-corrected chi connectivity index (χ1v) is 9.67. The first kappa shape index (κ1) is 19.8. The lowest BCUT2D eigenvalue weighted by molar-refractivity contribution is -0.122. The van der Waals surface area contributed by atoms with E-state index in [1.54, 1.807) is 17.7 Å². The molecule has 1 atom stereocenters. The number of benzene rings is 1. The van der Waals surface area contributed by atoms with Crippen LogP contribution in [-0.4, -0.2) is 44.3 Å². The van der Waals surface area contributed by atoms with Gasteiger partial charge in [0.05, 0.1) is 28.6 Å². The van der Waals surface area contributed by atoms with Crippen LogP contribution in [-0.2, 0) is 4.79 Å². The summed E-state index contributed by atoms with van der Waals surface area (Å²) in [5.74, 6) is 1.05. The lowest BCUT2D eigenvalue weighted by Gasteiger charge is -2.20. The van der Waals surface area contributed by atoms with Crippen molar-refractivity contribution in [2.75, 3.05) is 11.9 Å². The summed E-state index contributed by atoms with van der Waals surface area (Å²) in [6.45, 7) is 3.97. The third kappa shape index (κ3) is 4.13. The highest BCUT2D eigenvalue weighted by molar-refractivity contribution is 7.22. The number of hydrogen-bond donors (Lipinski definition) is 4. The molecule has 0 saturated heterocycles. The van der Waals surface area contributed by atoms with E-state index in [0.29, 0.717) is 5.92 Å².